The van der Waals surface area contributed by atoms with E-state index in [1.54, 1.807) is 18.3 Å². The van der Waals surface area contributed by atoms with Crippen molar-refractivity contribution < 1.29 is 15.1 Å². The van der Waals surface area contributed by atoms with Gasteiger partial charge >= 0.3 is 0 Å². The standard InChI is InChI=1S/C22H26ClN7O3/c23-19-11-17(2-3-20(19)31)26-30(33)18-5-6-27(14-18)15-22(32)29-9-7-28(8-10-29)21-4-1-16(12-24)13-25-21/h1-4,11,13,18,26,31,33H,5-10,14-15H2/p-1/t18-/m1/s1. The third-order valence-corrected chi connectivity index (χ3v) is 6.26. The lowest BCUT2D eigenvalue weighted by Gasteiger charge is -2.36. The lowest BCUT2D eigenvalue weighted by atomic mass is 10.2. The number of nitriles is 1. The molecule has 1 amide bonds. The minimum atomic E-state index is -0.272. The molecule has 4 rings (SSSR count). The van der Waals surface area contributed by atoms with E-state index in [1.165, 1.54) is 12.1 Å². The number of carbonyl (C=O) groups excluding carboxylic acids is 1. The Morgan fingerprint density at radius 1 is 1.27 bits per heavy atom. The monoisotopic (exact) mass is 470 g/mol. The van der Waals surface area contributed by atoms with Crippen LogP contribution in [0.1, 0.15) is 12.0 Å². The third kappa shape index (κ3) is 5.64. The molecule has 0 radical (unpaired) electrons. The highest BCUT2D eigenvalue weighted by Gasteiger charge is 2.30. The zero-order valence-corrected chi connectivity index (χ0v) is 18.8. The van der Waals surface area contributed by atoms with E-state index in [9.17, 15) is 15.1 Å². The zero-order valence-electron chi connectivity index (χ0n) is 18.0. The van der Waals surface area contributed by atoms with Gasteiger partial charge in [-0.2, -0.15) is 5.26 Å². The molecule has 1 aromatic heterocycles. The molecule has 2 aromatic rings. The molecule has 2 aliphatic heterocycles. The van der Waals surface area contributed by atoms with E-state index in [4.69, 9.17) is 16.9 Å². The Morgan fingerprint density at radius 2 is 2.06 bits per heavy atom. The predicted octanol–water partition coefficient (Wildman–Crippen LogP) is 1.12. The molecule has 0 aliphatic carbocycles. The van der Waals surface area contributed by atoms with Crippen molar-refractivity contribution in [3.05, 3.63) is 47.1 Å². The van der Waals surface area contributed by atoms with Crippen molar-refractivity contribution in [2.45, 2.75) is 12.5 Å². The fourth-order valence-electron chi connectivity index (χ4n) is 4.06. The molecule has 0 spiro atoms. The Bertz CT molecular complexity index is 1020. The van der Waals surface area contributed by atoms with Crippen LogP contribution in [0.4, 0.5) is 11.5 Å². The molecular formula is C22H25ClN7O3-. The number of hydroxylamine groups is 1. The normalized spacial score (nSPS) is 19.0. The van der Waals surface area contributed by atoms with Crippen LogP contribution in [0.15, 0.2) is 36.5 Å². The van der Waals surface area contributed by atoms with Crippen molar-refractivity contribution in [2.24, 2.45) is 0 Å². The van der Waals surface area contributed by atoms with Crippen LogP contribution < -0.4 is 15.4 Å². The maximum absolute atomic E-state index is 12.8. The fraction of sp³-hybridized carbons (Fsp3) is 0.409. The number of carbonyl (C=O) groups is 1. The number of halogens is 1. The minimum absolute atomic E-state index is 0.0679. The topological polar surface area (TPSA) is 122 Å². The van der Waals surface area contributed by atoms with Crippen molar-refractivity contribution in [1.29, 1.82) is 5.26 Å². The Kier molecular flexibility index (Phi) is 7.15. The summed E-state index contributed by atoms with van der Waals surface area (Å²) in [5.74, 6) is 0.606. The number of pyridine rings is 1. The number of hydrogen-bond acceptors (Lipinski definition) is 9. The van der Waals surface area contributed by atoms with E-state index in [1.807, 2.05) is 15.9 Å². The molecule has 33 heavy (non-hydrogen) atoms. The molecular weight excluding hydrogens is 446 g/mol. The molecule has 0 bridgehead atoms. The molecule has 174 valence electrons. The average Bonchev–Trinajstić information content (AvgIpc) is 3.30. The molecule has 3 heterocycles. The van der Waals surface area contributed by atoms with Crippen LogP contribution in [0.5, 0.6) is 5.75 Å². The van der Waals surface area contributed by atoms with Gasteiger partial charge in [0, 0.05) is 50.5 Å². The number of likely N-dealkylation sites (tertiary alicyclic amines) is 1. The van der Waals surface area contributed by atoms with Gasteiger partial charge in [0.2, 0.25) is 5.91 Å². The molecule has 2 aliphatic rings. The molecule has 2 saturated heterocycles. The first kappa shape index (κ1) is 23.1. The van der Waals surface area contributed by atoms with Crippen LogP contribution in [0, 0.1) is 11.3 Å². The fourth-order valence-corrected chi connectivity index (χ4v) is 4.25. The quantitative estimate of drug-likeness (QED) is 0.598. The van der Waals surface area contributed by atoms with Crippen LogP contribution in [0.3, 0.4) is 0 Å². The van der Waals surface area contributed by atoms with Gasteiger partial charge in [0.15, 0.2) is 0 Å². The number of nitrogens with zero attached hydrogens (tertiary/aromatic N) is 6. The van der Waals surface area contributed by atoms with Gasteiger partial charge in [-0.3, -0.25) is 20.3 Å². The summed E-state index contributed by atoms with van der Waals surface area (Å²) in [5, 5.41) is 31.8. The number of benzene rings is 1. The molecule has 10 nitrogen and oxygen atoms in total. The second-order valence-corrected chi connectivity index (χ2v) is 8.57. The Balaban J connectivity index is 1.22. The first-order chi connectivity index (χ1) is 15.9. The molecule has 1 atom stereocenters. The second kappa shape index (κ2) is 10.2. The third-order valence-electron chi connectivity index (χ3n) is 5.96. The van der Waals surface area contributed by atoms with Gasteiger partial charge in [-0.25, -0.2) is 4.98 Å². The van der Waals surface area contributed by atoms with Crippen LogP contribution in [-0.2, 0) is 4.79 Å². The largest absolute Gasteiger partial charge is 0.871 e. The molecule has 11 heteroatoms. The van der Waals surface area contributed by atoms with Gasteiger partial charge in [-0.1, -0.05) is 23.4 Å². The van der Waals surface area contributed by atoms with Crippen LogP contribution in [-0.4, -0.2) is 82.9 Å². The highest BCUT2D eigenvalue weighted by atomic mass is 35.5. The first-order valence-electron chi connectivity index (χ1n) is 10.8. The van der Waals surface area contributed by atoms with Crippen molar-refractivity contribution in [2.75, 3.05) is 56.1 Å². The van der Waals surface area contributed by atoms with Crippen molar-refractivity contribution in [3.8, 4) is 11.8 Å². The van der Waals surface area contributed by atoms with Crippen LogP contribution in [0.2, 0.25) is 5.02 Å². The number of amides is 1. The lowest BCUT2D eigenvalue weighted by Crippen LogP contribution is -2.51. The highest BCUT2D eigenvalue weighted by Crippen LogP contribution is 2.25. The number of anilines is 2. The van der Waals surface area contributed by atoms with Gasteiger partial charge in [-0.05, 0) is 30.7 Å². The Morgan fingerprint density at radius 3 is 2.73 bits per heavy atom. The zero-order chi connectivity index (χ0) is 23.4. The van der Waals surface area contributed by atoms with E-state index in [0.717, 1.165) is 11.0 Å². The number of piperazine rings is 1. The van der Waals surface area contributed by atoms with Crippen molar-refractivity contribution in [1.82, 2.24) is 20.0 Å². The summed E-state index contributed by atoms with van der Waals surface area (Å²) >= 11 is 5.85. The number of aromatic nitrogens is 1. The lowest BCUT2D eigenvalue weighted by molar-refractivity contribution is -0.268. The van der Waals surface area contributed by atoms with E-state index in [-0.39, 0.29) is 22.7 Å². The first-order valence-corrected chi connectivity index (χ1v) is 11.1. The number of hydrazine groups is 1. The minimum Gasteiger partial charge on any atom is -0.871 e. The van der Waals surface area contributed by atoms with Crippen molar-refractivity contribution in [3.63, 3.8) is 0 Å². The average molecular weight is 471 g/mol. The molecule has 2 N–H and O–H groups in total. The summed E-state index contributed by atoms with van der Waals surface area (Å²) in [6.45, 7) is 4.14. The number of rotatable bonds is 6. The SMILES string of the molecule is N#Cc1ccc(N2CCN(C(=O)CN3CC[C@@H](N(O)Nc4ccc([O-])c(Cl)c4)C3)CC2)nc1. The van der Waals surface area contributed by atoms with E-state index >= 15 is 0 Å². The number of nitrogens with one attached hydrogen (secondary N) is 1. The molecule has 0 saturated carbocycles. The maximum Gasteiger partial charge on any atom is 0.236 e. The van der Waals surface area contributed by atoms with E-state index in [2.05, 4.69) is 21.4 Å². The maximum atomic E-state index is 12.8. The van der Waals surface area contributed by atoms with Crippen molar-refractivity contribution >= 4 is 29.0 Å². The summed E-state index contributed by atoms with van der Waals surface area (Å²) in [6.07, 6.45) is 2.26. The molecule has 0 unspecified atom stereocenters. The second-order valence-electron chi connectivity index (χ2n) is 8.16. The van der Waals surface area contributed by atoms with Gasteiger partial charge in [0.05, 0.1) is 23.8 Å². The highest BCUT2D eigenvalue weighted by molar-refractivity contribution is 6.32. The van der Waals surface area contributed by atoms with E-state index in [0.29, 0.717) is 63.5 Å². The van der Waals surface area contributed by atoms with Gasteiger partial charge < -0.3 is 14.9 Å². The smallest absolute Gasteiger partial charge is 0.236 e. The van der Waals surface area contributed by atoms with Crippen LogP contribution in [0.25, 0.3) is 0 Å². The predicted molar refractivity (Wildman–Crippen MR) is 121 cm³/mol. The number of hydrogen-bond donors (Lipinski definition) is 2. The Labute approximate surface area is 197 Å². The van der Waals surface area contributed by atoms with E-state index < -0.39 is 0 Å². The van der Waals surface area contributed by atoms with Gasteiger partial charge in [0.1, 0.15) is 11.9 Å². The Hall–Kier alpha value is -3.10. The summed E-state index contributed by atoms with van der Waals surface area (Å²) < 4.78 is 0. The molecule has 2 fully saturated rings. The molecule has 1 aromatic carbocycles. The van der Waals surface area contributed by atoms with Gasteiger partial charge in [0.25, 0.3) is 0 Å². The van der Waals surface area contributed by atoms with Gasteiger partial charge in [-0.15, -0.1) is 5.17 Å². The summed E-state index contributed by atoms with van der Waals surface area (Å²) in [7, 11) is 0. The summed E-state index contributed by atoms with van der Waals surface area (Å²) in [4.78, 5) is 23.1. The summed E-state index contributed by atoms with van der Waals surface area (Å²) in [5.41, 5.74) is 3.88. The summed E-state index contributed by atoms with van der Waals surface area (Å²) in [6, 6.07) is 9.82. The van der Waals surface area contributed by atoms with Crippen LogP contribution >= 0.6 is 11.6 Å².